The Hall–Kier alpha value is -2.16. The van der Waals surface area contributed by atoms with Crippen LogP contribution in [0.25, 0.3) is 0 Å². The van der Waals surface area contributed by atoms with Crippen LogP contribution in [-0.4, -0.2) is 10.9 Å². The van der Waals surface area contributed by atoms with Crippen molar-refractivity contribution in [2.24, 2.45) is 5.92 Å². The van der Waals surface area contributed by atoms with Crippen LogP contribution in [0, 0.1) is 5.92 Å². The summed E-state index contributed by atoms with van der Waals surface area (Å²) in [4.78, 5) is 16.0. The van der Waals surface area contributed by atoms with E-state index in [0.717, 1.165) is 12.8 Å². The Morgan fingerprint density at radius 3 is 2.60 bits per heavy atom. The number of nitrogens with zero attached hydrogens (tertiary/aromatic N) is 1. The van der Waals surface area contributed by atoms with Crippen LogP contribution in [0.2, 0.25) is 0 Å². The van der Waals surface area contributed by atoms with Gasteiger partial charge < -0.3 is 5.32 Å². The van der Waals surface area contributed by atoms with Gasteiger partial charge in [-0.2, -0.15) is 0 Å². The molecule has 1 unspecified atom stereocenters. The first-order valence-corrected chi connectivity index (χ1v) is 6.99. The Bertz CT molecular complexity index is 525. The normalized spacial score (nSPS) is 11.8. The minimum Gasteiger partial charge on any atom is -0.311 e. The summed E-state index contributed by atoms with van der Waals surface area (Å²) >= 11 is 0. The van der Waals surface area contributed by atoms with Gasteiger partial charge >= 0.3 is 0 Å². The molecule has 104 valence electrons. The molecular formula is C17H20N2O. The van der Waals surface area contributed by atoms with E-state index in [1.165, 1.54) is 5.56 Å². The SMILES string of the molecule is CC(CCc1ccccc1)CC(=O)Nc1ccccn1. The smallest absolute Gasteiger partial charge is 0.225 e. The van der Waals surface area contributed by atoms with E-state index in [1.807, 2.05) is 30.3 Å². The Balaban J connectivity index is 1.74. The molecule has 0 aliphatic carbocycles. The molecule has 0 saturated carbocycles. The summed E-state index contributed by atoms with van der Waals surface area (Å²) in [6, 6.07) is 15.9. The lowest BCUT2D eigenvalue weighted by Crippen LogP contribution is -2.16. The van der Waals surface area contributed by atoms with Crippen LogP contribution < -0.4 is 5.32 Å². The molecule has 3 nitrogen and oxygen atoms in total. The van der Waals surface area contributed by atoms with Gasteiger partial charge in [0.15, 0.2) is 0 Å². The highest BCUT2D eigenvalue weighted by Gasteiger charge is 2.09. The quantitative estimate of drug-likeness (QED) is 0.868. The van der Waals surface area contributed by atoms with Crippen molar-refractivity contribution in [1.29, 1.82) is 0 Å². The maximum atomic E-state index is 11.9. The van der Waals surface area contributed by atoms with Crippen molar-refractivity contribution in [3.05, 3.63) is 60.3 Å². The van der Waals surface area contributed by atoms with Gasteiger partial charge in [-0.15, -0.1) is 0 Å². The van der Waals surface area contributed by atoms with Gasteiger partial charge in [0.2, 0.25) is 5.91 Å². The van der Waals surface area contributed by atoms with Crippen molar-refractivity contribution in [1.82, 2.24) is 4.98 Å². The first-order valence-electron chi connectivity index (χ1n) is 6.99. The summed E-state index contributed by atoms with van der Waals surface area (Å²) in [5.41, 5.74) is 1.32. The second-order valence-corrected chi connectivity index (χ2v) is 5.10. The monoisotopic (exact) mass is 268 g/mol. The van der Waals surface area contributed by atoms with Crippen LogP contribution in [0.1, 0.15) is 25.3 Å². The number of pyridine rings is 1. The van der Waals surface area contributed by atoms with Crippen molar-refractivity contribution in [2.75, 3.05) is 5.32 Å². The average molecular weight is 268 g/mol. The largest absolute Gasteiger partial charge is 0.311 e. The van der Waals surface area contributed by atoms with Crippen LogP contribution in [0.5, 0.6) is 0 Å². The van der Waals surface area contributed by atoms with Gasteiger partial charge in [-0.25, -0.2) is 4.98 Å². The minimum absolute atomic E-state index is 0.0317. The molecule has 2 rings (SSSR count). The lowest BCUT2D eigenvalue weighted by Gasteiger charge is -2.11. The molecule has 0 bridgehead atoms. The molecule has 0 radical (unpaired) electrons. The summed E-state index contributed by atoms with van der Waals surface area (Å²) in [5.74, 6) is 1.01. The molecule has 0 aliphatic rings. The third-order valence-corrected chi connectivity index (χ3v) is 3.23. The van der Waals surface area contributed by atoms with Gasteiger partial charge in [0, 0.05) is 12.6 Å². The molecule has 1 aromatic carbocycles. The highest BCUT2D eigenvalue weighted by atomic mass is 16.1. The fourth-order valence-corrected chi connectivity index (χ4v) is 2.11. The average Bonchev–Trinajstić information content (AvgIpc) is 2.47. The van der Waals surface area contributed by atoms with Gasteiger partial charge in [0.1, 0.15) is 5.82 Å². The summed E-state index contributed by atoms with van der Waals surface area (Å²) in [6.07, 6.45) is 4.23. The van der Waals surface area contributed by atoms with E-state index in [1.54, 1.807) is 12.3 Å². The maximum absolute atomic E-state index is 11.9. The molecule has 2 aromatic rings. The van der Waals surface area contributed by atoms with Crippen LogP contribution >= 0.6 is 0 Å². The highest BCUT2D eigenvalue weighted by Crippen LogP contribution is 2.13. The number of anilines is 1. The molecule has 1 atom stereocenters. The predicted octanol–water partition coefficient (Wildman–Crippen LogP) is 3.68. The molecular weight excluding hydrogens is 248 g/mol. The number of rotatable bonds is 6. The first kappa shape index (κ1) is 14.3. The maximum Gasteiger partial charge on any atom is 0.225 e. The standard InChI is InChI=1S/C17H20N2O/c1-14(10-11-15-7-3-2-4-8-15)13-17(20)19-16-9-5-6-12-18-16/h2-9,12,14H,10-11,13H2,1H3,(H,18,19,20). The molecule has 0 aliphatic heterocycles. The first-order chi connectivity index (χ1) is 9.74. The van der Waals surface area contributed by atoms with E-state index < -0.39 is 0 Å². The zero-order valence-electron chi connectivity index (χ0n) is 11.8. The molecule has 1 aromatic heterocycles. The molecule has 1 amide bonds. The Kier molecular flexibility index (Phi) is 5.30. The summed E-state index contributed by atoms with van der Waals surface area (Å²) in [5, 5.41) is 2.82. The summed E-state index contributed by atoms with van der Waals surface area (Å²) < 4.78 is 0. The number of amides is 1. The molecule has 0 saturated heterocycles. The fourth-order valence-electron chi connectivity index (χ4n) is 2.11. The molecule has 1 N–H and O–H groups in total. The van der Waals surface area contributed by atoms with Gasteiger partial charge in [0.05, 0.1) is 0 Å². The number of aromatic nitrogens is 1. The van der Waals surface area contributed by atoms with E-state index >= 15 is 0 Å². The number of carbonyl (C=O) groups is 1. The highest BCUT2D eigenvalue weighted by molar-refractivity contribution is 5.89. The van der Waals surface area contributed by atoms with Crippen molar-refractivity contribution in [3.8, 4) is 0 Å². The van der Waals surface area contributed by atoms with Crippen LogP contribution in [0.4, 0.5) is 5.82 Å². The second kappa shape index (κ2) is 7.43. The zero-order valence-corrected chi connectivity index (χ0v) is 11.8. The van der Waals surface area contributed by atoms with Crippen LogP contribution in [0.15, 0.2) is 54.7 Å². The van der Waals surface area contributed by atoms with Crippen LogP contribution in [0.3, 0.4) is 0 Å². The molecule has 1 heterocycles. The van der Waals surface area contributed by atoms with Crippen molar-refractivity contribution < 1.29 is 4.79 Å². The lowest BCUT2D eigenvalue weighted by molar-refractivity contribution is -0.117. The third-order valence-electron chi connectivity index (χ3n) is 3.23. The lowest BCUT2D eigenvalue weighted by atomic mass is 9.98. The number of nitrogens with one attached hydrogen (secondary N) is 1. The van der Waals surface area contributed by atoms with Gasteiger partial charge in [-0.1, -0.05) is 43.3 Å². The number of carbonyl (C=O) groups excluding carboxylic acids is 1. The third kappa shape index (κ3) is 4.84. The van der Waals surface area contributed by atoms with Crippen molar-refractivity contribution >= 4 is 11.7 Å². The Morgan fingerprint density at radius 2 is 1.90 bits per heavy atom. The predicted molar refractivity (Wildman–Crippen MR) is 81.4 cm³/mol. The van der Waals surface area contributed by atoms with E-state index in [4.69, 9.17) is 0 Å². The Morgan fingerprint density at radius 1 is 1.15 bits per heavy atom. The molecule has 3 heteroatoms. The topological polar surface area (TPSA) is 42.0 Å². The second-order valence-electron chi connectivity index (χ2n) is 5.10. The van der Waals surface area contributed by atoms with E-state index in [-0.39, 0.29) is 5.91 Å². The fraction of sp³-hybridized carbons (Fsp3) is 0.294. The number of hydrogen-bond acceptors (Lipinski definition) is 2. The zero-order chi connectivity index (χ0) is 14.2. The van der Waals surface area contributed by atoms with E-state index in [2.05, 4.69) is 29.4 Å². The number of benzene rings is 1. The van der Waals surface area contributed by atoms with Gasteiger partial charge in [0.25, 0.3) is 0 Å². The summed E-state index contributed by atoms with van der Waals surface area (Å²) in [7, 11) is 0. The van der Waals surface area contributed by atoms with Crippen molar-refractivity contribution in [3.63, 3.8) is 0 Å². The van der Waals surface area contributed by atoms with Crippen molar-refractivity contribution in [2.45, 2.75) is 26.2 Å². The van der Waals surface area contributed by atoms with Crippen LogP contribution in [-0.2, 0) is 11.2 Å². The minimum atomic E-state index is 0.0317. The molecule has 0 spiro atoms. The molecule has 20 heavy (non-hydrogen) atoms. The van der Waals surface area contributed by atoms with E-state index in [0.29, 0.717) is 18.2 Å². The Labute approximate surface area is 120 Å². The van der Waals surface area contributed by atoms with Gasteiger partial charge in [-0.05, 0) is 36.5 Å². The summed E-state index contributed by atoms with van der Waals surface area (Å²) in [6.45, 7) is 2.11. The van der Waals surface area contributed by atoms with E-state index in [9.17, 15) is 4.79 Å². The number of aryl methyl sites for hydroxylation is 1. The van der Waals surface area contributed by atoms with Gasteiger partial charge in [-0.3, -0.25) is 4.79 Å². The number of hydrogen-bond donors (Lipinski definition) is 1. The molecule has 0 fully saturated rings.